The number of carbonyl (C=O) groups excluding carboxylic acids is 1. The smallest absolute Gasteiger partial charge is 0.360 e. The molecule has 9 nitrogen and oxygen atoms in total. The van der Waals surface area contributed by atoms with E-state index in [0.29, 0.717) is 11.3 Å². The van der Waals surface area contributed by atoms with E-state index in [9.17, 15) is 4.79 Å². The van der Waals surface area contributed by atoms with Gasteiger partial charge in [0.1, 0.15) is 6.26 Å². The van der Waals surface area contributed by atoms with Gasteiger partial charge in [-0.05, 0) is 19.1 Å². The number of carbonyl (C=O) groups is 1. The minimum atomic E-state index is -0.566. The number of aliphatic imine (C=N–C) groups is 2. The Morgan fingerprint density at radius 1 is 1.30 bits per heavy atom. The third kappa shape index (κ3) is 4.06. The largest absolute Gasteiger partial charge is 0.461 e. The maximum Gasteiger partial charge on any atom is 0.360 e. The molecule has 9 heteroatoms. The zero-order valence-corrected chi connectivity index (χ0v) is 12.4. The van der Waals surface area contributed by atoms with Crippen molar-refractivity contribution in [2.75, 3.05) is 6.61 Å². The number of esters is 1. The molecule has 0 fully saturated rings. The van der Waals surface area contributed by atoms with E-state index in [1.165, 1.54) is 6.26 Å². The average molecular weight is 316 g/mol. The lowest BCUT2D eigenvalue weighted by Crippen LogP contribution is -2.26. The Morgan fingerprint density at radius 3 is 2.74 bits per heavy atom. The summed E-state index contributed by atoms with van der Waals surface area (Å²) in [5.74, 6) is -0.688. The summed E-state index contributed by atoms with van der Waals surface area (Å²) in [5.41, 5.74) is 17.1. The third-order valence-corrected chi connectivity index (χ3v) is 2.60. The number of hydrogen-bond acceptors (Lipinski definition) is 5. The normalized spacial score (nSPS) is 11.1. The van der Waals surface area contributed by atoms with Crippen LogP contribution in [0.15, 0.2) is 44.9 Å². The number of nitrogens with two attached hydrogens (primary N) is 3. The minimum Gasteiger partial charge on any atom is -0.461 e. The first-order valence-corrected chi connectivity index (χ1v) is 6.67. The summed E-state index contributed by atoms with van der Waals surface area (Å²) in [6, 6.07) is 6.90. The first kappa shape index (κ1) is 16.0. The molecular weight excluding hydrogens is 300 g/mol. The van der Waals surface area contributed by atoms with Crippen LogP contribution in [0.4, 0.5) is 5.69 Å². The van der Waals surface area contributed by atoms with Crippen molar-refractivity contribution in [1.82, 2.24) is 4.98 Å². The summed E-state index contributed by atoms with van der Waals surface area (Å²) < 4.78 is 10.2. The number of para-hydroxylation sites is 1. The predicted molar refractivity (Wildman–Crippen MR) is 85.0 cm³/mol. The molecule has 23 heavy (non-hydrogen) atoms. The monoisotopic (exact) mass is 316 g/mol. The van der Waals surface area contributed by atoms with Gasteiger partial charge in [-0.15, -0.1) is 0 Å². The highest BCUT2D eigenvalue weighted by atomic mass is 16.5. The van der Waals surface area contributed by atoms with E-state index < -0.39 is 5.97 Å². The number of benzene rings is 1. The fourth-order valence-electron chi connectivity index (χ4n) is 1.73. The SMILES string of the molecule is CCOC(=O)c1coc(-c2ccccc2N=C(N)N=C(N)N)n1. The highest BCUT2D eigenvalue weighted by molar-refractivity contribution is 5.94. The molecule has 0 atom stereocenters. The first-order chi connectivity index (χ1) is 11.0. The van der Waals surface area contributed by atoms with Gasteiger partial charge in [0, 0.05) is 0 Å². The molecule has 1 aromatic heterocycles. The Morgan fingerprint density at radius 2 is 2.04 bits per heavy atom. The Labute approximate surface area is 131 Å². The molecule has 0 saturated heterocycles. The van der Waals surface area contributed by atoms with Crippen molar-refractivity contribution in [3.63, 3.8) is 0 Å². The molecular formula is C14H16N6O3. The maximum atomic E-state index is 11.6. The van der Waals surface area contributed by atoms with Crippen LogP contribution in [-0.4, -0.2) is 29.5 Å². The van der Waals surface area contributed by atoms with Crippen LogP contribution in [0.5, 0.6) is 0 Å². The number of rotatable bonds is 4. The lowest BCUT2D eigenvalue weighted by molar-refractivity contribution is 0.0519. The van der Waals surface area contributed by atoms with Gasteiger partial charge in [-0.1, -0.05) is 12.1 Å². The third-order valence-electron chi connectivity index (χ3n) is 2.60. The molecule has 0 radical (unpaired) electrons. The Hall–Kier alpha value is -3.36. The van der Waals surface area contributed by atoms with E-state index in [1.807, 2.05) is 0 Å². The van der Waals surface area contributed by atoms with Crippen molar-refractivity contribution in [3.8, 4) is 11.5 Å². The number of ether oxygens (including phenoxy) is 1. The highest BCUT2D eigenvalue weighted by Gasteiger charge is 2.16. The molecule has 0 aliphatic carbocycles. The van der Waals surface area contributed by atoms with Crippen LogP contribution < -0.4 is 17.2 Å². The molecule has 0 amide bonds. The lowest BCUT2D eigenvalue weighted by Gasteiger charge is -2.02. The summed E-state index contributed by atoms with van der Waals surface area (Å²) >= 11 is 0. The quantitative estimate of drug-likeness (QED) is 0.426. The van der Waals surface area contributed by atoms with Crippen molar-refractivity contribution >= 4 is 23.6 Å². The second-order valence-electron chi connectivity index (χ2n) is 4.28. The first-order valence-electron chi connectivity index (χ1n) is 6.67. The van der Waals surface area contributed by atoms with Gasteiger partial charge < -0.3 is 26.4 Å². The van der Waals surface area contributed by atoms with Crippen molar-refractivity contribution < 1.29 is 13.9 Å². The molecule has 0 aliphatic heterocycles. The summed E-state index contributed by atoms with van der Waals surface area (Å²) in [6.45, 7) is 1.95. The van der Waals surface area contributed by atoms with E-state index >= 15 is 0 Å². The van der Waals surface area contributed by atoms with Crippen molar-refractivity contribution in [1.29, 1.82) is 0 Å². The summed E-state index contributed by atoms with van der Waals surface area (Å²) in [6.07, 6.45) is 1.22. The zero-order valence-electron chi connectivity index (χ0n) is 12.4. The highest BCUT2D eigenvalue weighted by Crippen LogP contribution is 2.29. The molecule has 0 saturated carbocycles. The second kappa shape index (κ2) is 7.07. The topological polar surface area (TPSA) is 155 Å². The number of hydrogen-bond donors (Lipinski definition) is 3. The fraction of sp³-hybridized carbons (Fsp3) is 0.143. The lowest BCUT2D eigenvalue weighted by atomic mass is 10.2. The number of nitrogens with zero attached hydrogens (tertiary/aromatic N) is 3. The summed E-state index contributed by atoms with van der Waals surface area (Å²) in [5, 5.41) is 0. The van der Waals surface area contributed by atoms with E-state index in [0.717, 1.165) is 0 Å². The van der Waals surface area contributed by atoms with Crippen molar-refractivity contribution in [3.05, 3.63) is 36.2 Å². The van der Waals surface area contributed by atoms with Gasteiger partial charge in [0.2, 0.25) is 11.9 Å². The number of aromatic nitrogens is 1. The van der Waals surface area contributed by atoms with Gasteiger partial charge >= 0.3 is 5.97 Å². The van der Waals surface area contributed by atoms with Crippen LogP contribution in [0, 0.1) is 0 Å². The van der Waals surface area contributed by atoms with Crippen LogP contribution in [0.25, 0.3) is 11.5 Å². The molecule has 120 valence electrons. The summed E-state index contributed by atoms with van der Waals surface area (Å²) in [7, 11) is 0. The van der Waals surface area contributed by atoms with Crippen molar-refractivity contribution in [2.45, 2.75) is 6.92 Å². The Bertz CT molecular complexity index is 761. The number of guanidine groups is 2. The van der Waals surface area contributed by atoms with Crippen molar-refractivity contribution in [2.24, 2.45) is 27.2 Å². The standard InChI is InChI=1S/C14H16N6O3/c1-2-22-12(21)10-7-23-11(18-10)8-5-3-4-6-9(8)19-14(17)20-13(15)16/h3-7H,2H2,1H3,(H6,15,16,17,19,20). The van der Waals surface area contributed by atoms with Crippen LogP contribution in [-0.2, 0) is 4.74 Å². The van der Waals surface area contributed by atoms with Gasteiger partial charge in [0.25, 0.3) is 0 Å². The molecule has 0 bridgehead atoms. The van der Waals surface area contributed by atoms with Crippen LogP contribution >= 0.6 is 0 Å². The number of oxazole rings is 1. The molecule has 1 heterocycles. The second-order valence-corrected chi connectivity index (χ2v) is 4.28. The average Bonchev–Trinajstić information content (AvgIpc) is 2.97. The Balaban J connectivity index is 2.38. The molecule has 6 N–H and O–H groups in total. The van der Waals surface area contributed by atoms with Gasteiger partial charge in [-0.3, -0.25) is 0 Å². The van der Waals surface area contributed by atoms with Crippen LogP contribution in [0.3, 0.4) is 0 Å². The summed E-state index contributed by atoms with van der Waals surface area (Å²) in [4.78, 5) is 23.5. The van der Waals surface area contributed by atoms with Gasteiger partial charge in [0.15, 0.2) is 11.7 Å². The van der Waals surface area contributed by atoms with E-state index in [4.69, 9.17) is 26.4 Å². The van der Waals surface area contributed by atoms with Crippen LogP contribution in [0.1, 0.15) is 17.4 Å². The molecule has 0 spiro atoms. The molecule has 0 aliphatic rings. The van der Waals surface area contributed by atoms with Crippen LogP contribution in [0.2, 0.25) is 0 Å². The van der Waals surface area contributed by atoms with E-state index in [-0.39, 0.29) is 30.1 Å². The van der Waals surface area contributed by atoms with Gasteiger partial charge in [0.05, 0.1) is 17.9 Å². The molecule has 0 unspecified atom stereocenters. The van der Waals surface area contributed by atoms with Gasteiger partial charge in [-0.2, -0.15) is 4.99 Å². The fourth-order valence-corrected chi connectivity index (χ4v) is 1.73. The molecule has 2 rings (SSSR count). The zero-order chi connectivity index (χ0) is 16.8. The predicted octanol–water partition coefficient (Wildman–Crippen LogP) is 0.738. The molecule has 1 aromatic carbocycles. The van der Waals surface area contributed by atoms with E-state index in [2.05, 4.69) is 15.0 Å². The van der Waals surface area contributed by atoms with E-state index in [1.54, 1.807) is 31.2 Å². The maximum absolute atomic E-state index is 11.6. The Kier molecular flexibility index (Phi) is 4.92. The van der Waals surface area contributed by atoms with Gasteiger partial charge in [-0.25, -0.2) is 14.8 Å². The minimum absolute atomic E-state index is 0.0674. The molecule has 2 aromatic rings.